The molecule has 4 aromatic heterocycles. The molecule has 2 saturated heterocycles. The molecule has 7 heterocycles. The van der Waals surface area contributed by atoms with E-state index in [9.17, 15) is 13.2 Å². The lowest BCUT2D eigenvalue weighted by Crippen LogP contribution is -2.29. The van der Waals surface area contributed by atoms with Crippen LogP contribution in [-0.4, -0.2) is 110 Å². The molecule has 2 N–H and O–H groups in total. The Bertz CT molecular complexity index is 2030. The predicted octanol–water partition coefficient (Wildman–Crippen LogP) is 4.95. The molecule has 0 aliphatic carbocycles. The molecule has 3 aliphatic heterocycles. The molecule has 0 radical (unpaired) electrons. The number of nitrogens with zero attached hydrogens (tertiary/aromatic N) is 7. The standard InChI is InChI=1S/C33H32F3N9O/c1-43(2)7-8-46-24-11-19(10-23(34)13-24)25-3-5-37-31-28(25)39-32(40-31)29-26-12-20(14-38-30(26)42-41-29)21-9-22(27-17-45(27)16-21)15-44-6-4-33(35,36)18-44/h3,5,9-14,16,27H,4,6-8,15,17-18H2,1-2H3,(H,37,39,40)(H,38,41,42). The third-order valence-corrected chi connectivity index (χ3v) is 8.74. The van der Waals surface area contributed by atoms with Gasteiger partial charge < -0.3 is 19.5 Å². The molecule has 0 amide bonds. The van der Waals surface area contributed by atoms with Crippen molar-refractivity contribution in [3.8, 4) is 28.4 Å². The quantitative estimate of drug-likeness (QED) is 0.222. The van der Waals surface area contributed by atoms with Crippen LogP contribution in [-0.2, 0) is 0 Å². The molecule has 3 aliphatic rings. The summed E-state index contributed by atoms with van der Waals surface area (Å²) in [5.74, 6) is -2.05. The fourth-order valence-electron chi connectivity index (χ4n) is 6.30. The van der Waals surface area contributed by atoms with E-state index in [-0.39, 0.29) is 19.0 Å². The number of H-pyrrole nitrogens is 2. The van der Waals surface area contributed by atoms with Crippen LogP contribution in [0, 0.1) is 5.82 Å². The molecule has 46 heavy (non-hydrogen) atoms. The molecule has 0 bridgehead atoms. The fourth-order valence-corrected chi connectivity index (χ4v) is 6.30. The lowest BCUT2D eigenvalue weighted by Gasteiger charge is -2.21. The topological polar surface area (TPSA) is 102 Å². The Morgan fingerprint density at radius 3 is 2.83 bits per heavy atom. The van der Waals surface area contributed by atoms with Crippen molar-refractivity contribution in [2.45, 2.75) is 18.4 Å². The van der Waals surface area contributed by atoms with Crippen molar-refractivity contribution in [2.24, 2.45) is 0 Å². The summed E-state index contributed by atoms with van der Waals surface area (Å²) in [5, 5.41) is 8.25. The first-order valence-electron chi connectivity index (χ1n) is 15.3. The number of benzene rings is 1. The van der Waals surface area contributed by atoms with Gasteiger partial charge in [0.1, 0.15) is 23.9 Å². The first-order valence-corrected chi connectivity index (χ1v) is 15.3. The second-order valence-electron chi connectivity index (χ2n) is 12.5. The molecule has 1 unspecified atom stereocenters. The van der Waals surface area contributed by atoms with E-state index in [4.69, 9.17) is 9.72 Å². The van der Waals surface area contributed by atoms with E-state index in [1.807, 2.05) is 42.1 Å². The van der Waals surface area contributed by atoms with Crippen LogP contribution in [0.1, 0.15) is 12.0 Å². The van der Waals surface area contributed by atoms with Gasteiger partial charge in [-0.1, -0.05) is 6.08 Å². The van der Waals surface area contributed by atoms with Crippen molar-refractivity contribution in [3.05, 3.63) is 72.0 Å². The highest BCUT2D eigenvalue weighted by Crippen LogP contribution is 2.38. The maximum atomic E-state index is 14.7. The second-order valence-corrected chi connectivity index (χ2v) is 12.5. The van der Waals surface area contributed by atoms with Crippen LogP contribution in [0.3, 0.4) is 0 Å². The maximum Gasteiger partial charge on any atom is 0.261 e. The van der Waals surface area contributed by atoms with E-state index >= 15 is 0 Å². The Morgan fingerprint density at radius 1 is 1.11 bits per heavy atom. The van der Waals surface area contributed by atoms with E-state index in [1.54, 1.807) is 12.4 Å². The number of hydrogen-bond donors (Lipinski definition) is 2. The average molecular weight is 628 g/mol. The number of pyridine rings is 2. The maximum absolute atomic E-state index is 14.7. The zero-order chi connectivity index (χ0) is 31.6. The first-order chi connectivity index (χ1) is 22.2. The minimum atomic E-state index is -2.61. The number of likely N-dealkylation sites (N-methyl/N-ethyl adjacent to an activating group) is 1. The number of allylic oxidation sites excluding steroid dienone is 2. The molecular formula is C33H32F3N9O. The van der Waals surface area contributed by atoms with Gasteiger partial charge in [-0.3, -0.25) is 10.00 Å². The molecule has 5 aromatic rings. The van der Waals surface area contributed by atoms with Gasteiger partial charge in [0, 0.05) is 68.4 Å². The van der Waals surface area contributed by atoms with Gasteiger partial charge in [-0.2, -0.15) is 5.10 Å². The molecule has 0 spiro atoms. The van der Waals surface area contributed by atoms with Crippen molar-refractivity contribution in [3.63, 3.8) is 0 Å². The monoisotopic (exact) mass is 627 g/mol. The number of ether oxygens (including phenoxy) is 1. The van der Waals surface area contributed by atoms with E-state index in [2.05, 4.69) is 42.3 Å². The van der Waals surface area contributed by atoms with Crippen LogP contribution in [0.2, 0.25) is 0 Å². The molecule has 13 heteroatoms. The van der Waals surface area contributed by atoms with Crippen molar-refractivity contribution in [2.75, 3.05) is 53.4 Å². The van der Waals surface area contributed by atoms with Crippen LogP contribution in [0.25, 0.3) is 50.4 Å². The summed E-state index contributed by atoms with van der Waals surface area (Å²) >= 11 is 0. The molecule has 8 rings (SSSR count). The summed E-state index contributed by atoms with van der Waals surface area (Å²) < 4.78 is 48.2. The number of nitrogens with one attached hydrogen (secondary N) is 2. The summed E-state index contributed by atoms with van der Waals surface area (Å²) in [7, 11) is 3.90. The van der Waals surface area contributed by atoms with Crippen LogP contribution in [0.4, 0.5) is 13.2 Å². The second kappa shape index (κ2) is 11.0. The molecule has 1 aromatic carbocycles. The number of alkyl halides is 2. The van der Waals surface area contributed by atoms with Crippen LogP contribution in [0.15, 0.2) is 60.6 Å². The van der Waals surface area contributed by atoms with E-state index in [1.165, 1.54) is 12.1 Å². The summed E-state index contributed by atoms with van der Waals surface area (Å²) in [6, 6.07) is 8.76. The number of aromatic amines is 2. The van der Waals surface area contributed by atoms with E-state index in [0.29, 0.717) is 65.9 Å². The summed E-state index contributed by atoms with van der Waals surface area (Å²) in [4.78, 5) is 23.2. The van der Waals surface area contributed by atoms with Crippen molar-refractivity contribution in [1.29, 1.82) is 0 Å². The predicted molar refractivity (Wildman–Crippen MR) is 169 cm³/mol. The first kappa shape index (κ1) is 28.7. The van der Waals surface area contributed by atoms with Crippen molar-refractivity contribution in [1.82, 2.24) is 44.8 Å². The molecule has 236 valence electrons. The summed E-state index contributed by atoms with van der Waals surface area (Å²) in [6.45, 7) is 2.77. The van der Waals surface area contributed by atoms with Crippen molar-refractivity contribution >= 4 is 27.8 Å². The Labute approximate surface area is 262 Å². The van der Waals surface area contributed by atoms with Crippen molar-refractivity contribution < 1.29 is 17.9 Å². The Hall–Kier alpha value is -4.75. The normalized spacial score (nSPS) is 19.2. The smallest absolute Gasteiger partial charge is 0.261 e. The van der Waals surface area contributed by atoms with E-state index in [0.717, 1.165) is 34.2 Å². The third kappa shape index (κ3) is 5.49. The molecule has 10 nitrogen and oxygen atoms in total. The Kier molecular flexibility index (Phi) is 6.83. The average Bonchev–Trinajstić information content (AvgIpc) is 3.31. The zero-order valence-corrected chi connectivity index (χ0v) is 25.4. The lowest BCUT2D eigenvalue weighted by atomic mass is 10.0. The van der Waals surface area contributed by atoms with E-state index < -0.39 is 11.7 Å². The van der Waals surface area contributed by atoms with Crippen LogP contribution < -0.4 is 4.74 Å². The highest BCUT2D eigenvalue weighted by molar-refractivity contribution is 5.96. The molecular weight excluding hydrogens is 595 g/mol. The van der Waals surface area contributed by atoms with Gasteiger partial charge in [-0.15, -0.1) is 0 Å². The van der Waals surface area contributed by atoms with Gasteiger partial charge in [0.05, 0.1) is 23.5 Å². The van der Waals surface area contributed by atoms with Gasteiger partial charge >= 0.3 is 0 Å². The van der Waals surface area contributed by atoms with Crippen LogP contribution >= 0.6 is 0 Å². The minimum absolute atomic E-state index is 0.0885. The van der Waals surface area contributed by atoms with Gasteiger partial charge in [0.25, 0.3) is 5.92 Å². The third-order valence-electron chi connectivity index (χ3n) is 8.74. The van der Waals surface area contributed by atoms with Crippen LogP contribution in [0.5, 0.6) is 5.75 Å². The summed E-state index contributed by atoms with van der Waals surface area (Å²) in [5.41, 5.74) is 6.67. The molecule has 2 fully saturated rings. The number of rotatable bonds is 9. The Morgan fingerprint density at radius 2 is 2.00 bits per heavy atom. The SMILES string of the molecule is CN(C)CCOc1cc(F)cc(-c2ccnc3nc(-c4[nH]nc5ncc(C6=CN7CC7C(CN7CCC(F)(F)C7)=C6)cc45)[nH]c23)c1. The fraction of sp³-hybridized carbons (Fsp3) is 0.333. The molecule has 1 atom stereocenters. The summed E-state index contributed by atoms with van der Waals surface area (Å²) in [6.07, 6.45) is 7.55. The number of likely N-dealkylation sites (tertiary alicyclic amines) is 1. The van der Waals surface area contributed by atoms with Gasteiger partial charge in [-0.25, -0.2) is 28.1 Å². The number of halogens is 3. The lowest BCUT2D eigenvalue weighted by molar-refractivity contribution is 0.0130. The largest absolute Gasteiger partial charge is 0.492 e. The highest BCUT2D eigenvalue weighted by Gasteiger charge is 2.42. The van der Waals surface area contributed by atoms with Gasteiger partial charge in [0.2, 0.25) is 0 Å². The zero-order valence-electron chi connectivity index (χ0n) is 25.4. The van der Waals surface area contributed by atoms with Gasteiger partial charge in [0.15, 0.2) is 17.1 Å². The minimum Gasteiger partial charge on any atom is -0.492 e. The Balaban J connectivity index is 1.11. The molecule has 0 saturated carbocycles. The highest BCUT2D eigenvalue weighted by atomic mass is 19.3. The van der Waals surface area contributed by atoms with Gasteiger partial charge in [-0.05, 0) is 55.1 Å². The number of hydrogen-bond acceptors (Lipinski definition) is 8. The number of imidazole rings is 1. The number of aromatic nitrogens is 6. The number of fused-ring (bicyclic) bond motifs is 3.